The predicted octanol–water partition coefficient (Wildman–Crippen LogP) is 5.07. The molecule has 1 heterocycles. The lowest BCUT2D eigenvalue weighted by Crippen LogP contribution is -2.86. The van der Waals surface area contributed by atoms with Crippen LogP contribution in [0.25, 0.3) is 6.08 Å². The largest absolute Gasteiger partial charge is 0.282 e. The standard InChI is InChI=1S/C24H27Cl2N3S/c1-23(2,3)20(14-12-16-11-13-17(25)15-19(16)26)27-21-24(4,5)29(22(30)28-21)18-9-7-6-8-10-18/h6-15,20H,1-5H3,(H,27,28,30)/p+1/b14-12+/t20-/m1/s1. The van der Waals surface area contributed by atoms with Gasteiger partial charge in [-0.3, -0.25) is 9.89 Å². The summed E-state index contributed by atoms with van der Waals surface area (Å²) in [4.78, 5) is 5.84. The fraction of sp³-hybridized carbons (Fsp3) is 0.333. The van der Waals surface area contributed by atoms with E-state index in [2.05, 4.69) is 68.0 Å². The third-order valence-electron chi connectivity index (χ3n) is 5.28. The molecular formula is C24H28Cl2N3S+. The Bertz CT molecular complexity index is 991. The van der Waals surface area contributed by atoms with Crippen molar-refractivity contribution in [3.05, 3.63) is 70.2 Å². The molecule has 0 amide bonds. The molecule has 1 atom stereocenters. The Balaban J connectivity index is 1.96. The second kappa shape index (κ2) is 8.70. The zero-order chi connectivity index (χ0) is 22.1. The summed E-state index contributed by atoms with van der Waals surface area (Å²) in [7, 11) is 0. The van der Waals surface area contributed by atoms with Crippen LogP contribution in [0.3, 0.4) is 0 Å². The fourth-order valence-corrected chi connectivity index (χ4v) is 4.36. The minimum absolute atomic E-state index is 0.0397. The van der Waals surface area contributed by atoms with E-state index in [1.165, 1.54) is 0 Å². The number of anilines is 1. The number of thiocarbonyl (C=S) groups is 1. The molecule has 1 saturated heterocycles. The molecule has 0 bridgehead atoms. The number of amidine groups is 1. The van der Waals surface area contributed by atoms with Gasteiger partial charge in [0.15, 0.2) is 0 Å². The number of nitrogens with zero attached hydrogens (tertiary/aromatic N) is 1. The number of hydrogen-bond acceptors (Lipinski definition) is 1. The van der Waals surface area contributed by atoms with Gasteiger partial charge in [0.1, 0.15) is 11.6 Å². The maximum atomic E-state index is 6.35. The van der Waals surface area contributed by atoms with E-state index in [4.69, 9.17) is 35.4 Å². The number of rotatable bonds is 4. The molecule has 3 rings (SSSR count). The number of hydrogen-bond donors (Lipinski definition) is 2. The van der Waals surface area contributed by atoms with Gasteiger partial charge in [0, 0.05) is 21.1 Å². The van der Waals surface area contributed by atoms with Crippen LogP contribution in [0.4, 0.5) is 5.69 Å². The first-order valence-electron chi connectivity index (χ1n) is 9.93. The highest BCUT2D eigenvalue weighted by molar-refractivity contribution is 7.80. The van der Waals surface area contributed by atoms with E-state index < -0.39 is 0 Å². The molecule has 1 aliphatic heterocycles. The van der Waals surface area contributed by atoms with Crippen molar-refractivity contribution in [1.82, 2.24) is 5.32 Å². The van der Waals surface area contributed by atoms with E-state index in [0.29, 0.717) is 15.2 Å². The van der Waals surface area contributed by atoms with Crippen LogP contribution < -0.4 is 15.2 Å². The molecule has 0 aliphatic carbocycles. The lowest BCUT2D eigenvalue weighted by molar-refractivity contribution is -0.510. The molecule has 158 valence electrons. The van der Waals surface area contributed by atoms with Crippen LogP contribution in [0.15, 0.2) is 54.6 Å². The second-order valence-electron chi connectivity index (χ2n) is 9.05. The van der Waals surface area contributed by atoms with Crippen molar-refractivity contribution in [3.63, 3.8) is 0 Å². The third-order valence-corrected chi connectivity index (χ3v) is 6.13. The van der Waals surface area contributed by atoms with Gasteiger partial charge in [-0.2, -0.15) is 0 Å². The Morgan fingerprint density at radius 2 is 1.77 bits per heavy atom. The van der Waals surface area contributed by atoms with Crippen molar-refractivity contribution in [2.45, 2.75) is 46.2 Å². The van der Waals surface area contributed by atoms with Crippen LogP contribution >= 0.6 is 35.4 Å². The maximum Gasteiger partial charge on any atom is 0.276 e. The molecule has 1 fully saturated rings. The second-order valence-corrected chi connectivity index (χ2v) is 10.3. The Labute approximate surface area is 194 Å². The minimum Gasteiger partial charge on any atom is -0.282 e. The average Bonchev–Trinajstić information content (AvgIpc) is 2.87. The summed E-state index contributed by atoms with van der Waals surface area (Å²) >= 11 is 18.0. The van der Waals surface area contributed by atoms with E-state index in [9.17, 15) is 0 Å². The highest BCUT2D eigenvalue weighted by atomic mass is 35.5. The number of halogens is 2. The van der Waals surface area contributed by atoms with Crippen molar-refractivity contribution < 1.29 is 4.99 Å². The van der Waals surface area contributed by atoms with Gasteiger partial charge < -0.3 is 0 Å². The van der Waals surface area contributed by atoms with Crippen LogP contribution in [0.2, 0.25) is 10.0 Å². The smallest absolute Gasteiger partial charge is 0.276 e. The maximum absolute atomic E-state index is 6.35. The molecule has 0 spiro atoms. The SMILES string of the molecule is CC(C)(C)[C@@H](/C=C/c1ccc(Cl)cc1Cl)[NH+]=C1NC(=S)N(c2ccccc2)C1(C)C. The van der Waals surface area contributed by atoms with Crippen LogP contribution in [0.5, 0.6) is 0 Å². The summed E-state index contributed by atoms with van der Waals surface area (Å²) in [6.07, 6.45) is 4.19. The summed E-state index contributed by atoms with van der Waals surface area (Å²) in [5.74, 6) is 0.975. The van der Waals surface area contributed by atoms with Gasteiger partial charge >= 0.3 is 0 Å². The first-order chi connectivity index (χ1) is 14.0. The Hall–Kier alpha value is -1.88. The molecule has 2 aromatic rings. The molecule has 2 aromatic carbocycles. The van der Waals surface area contributed by atoms with E-state index in [1.54, 1.807) is 6.07 Å². The number of benzene rings is 2. The van der Waals surface area contributed by atoms with Crippen LogP contribution in [-0.2, 0) is 0 Å². The first-order valence-corrected chi connectivity index (χ1v) is 11.1. The average molecular weight is 461 g/mol. The zero-order valence-corrected chi connectivity index (χ0v) is 20.3. The molecular weight excluding hydrogens is 433 g/mol. The molecule has 2 N–H and O–H groups in total. The highest BCUT2D eigenvalue weighted by Gasteiger charge is 2.48. The molecule has 0 aromatic heterocycles. The molecule has 0 unspecified atom stereocenters. The zero-order valence-electron chi connectivity index (χ0n) is 18.0. The van der Waals surface area contributed by atoms with E-state index in [0.717, 1.165) is 17.1 Å². The van der Waals surface area contributed by atoms with Gasteiger partial charge in [-0.25, -0.2) is 5.32 Å². The number of nitrogens with one attached hydrogen (secondary N) is 2. The molecule has 3 nitrogen and oxygen atoms in total. The summed E-state index contributed by atoms with van der Waals surface area (Å²) in [6.45, 7) is 10.9. The quantitative estimate of drug-likeness (QED) is 0.623. The van der Waals surface area contributed by atoms with Crippen molar-refractivity contribution in [3.8, 4) is 0 Å². The van der Waals surface area contributed by atoms with Crippen LogP contribution in [-0.4, -0.2) is 22.5 Å². The summed E-state index contributed by atoms with van der Waals surface area (Å²) < 4.78 is 0. The van der Waals surface area contributed by atoms with Crippen molar-refractivity contribution in [2.24, 2.45) is 5.41 Å². The Morgan fingerprint density at radius 3 is 2.37 bits per heavy atom. The lowest BCUT2D eigenvalue weighted by atomic mass is 9.86. The molecule has 6 heteroatoms. The first kappa shape index (κ1) is 22.8. The summed E-state index contributed by atoms with van der Waals surface area (Å²) in [5.41, 5.74) is 1.62. The van der Waals surface area contributed by atoms with E-state index in [1.807, 2.05) is 36.4 Å². The Morgan fingerprint density at radius 1 is 1.10 bits per heavy atom. The highest BCUT2D eigenvalue weighted by Crippen LogP contribution is 2.28. The monoisotopic (exact) mass is 460 g/mol. The van der Waals surface area contributed by atoms with E-state index in [-0.39, 0.29) is 17.0 Å². The topological polar surface area (TPSA) is 29.2 Å². The van der Waals surface area contributed by atoms with Crippen molar-refractivity contribution >= 4 is 58.1 Å². The predicted molar refractivity (Wildman–Crippen MR) is 133 cm³/mol. The minimum atomic E-state index is -0.340. The van der Waals surface area contributed by atoms with Crippen LogP contribution in [0.1, 0.15) is 40.2 Å². The van der Waals surface area contributed by atoms with Gasteiger partial charge in [-0.05, 0) is 62.0 Å². The van der Waals surface area contributed by atoms with Gasteiger partial charge in [-0.1, -0.05) is 74.3 Å². The molecule has 30 heavy (non-hydrogen) atoms. The van der Waals surface area contributed by atoms with Crippen molar-refractivity contribution in [2.75, 3.05) is 4.90 Å². The van der Waals surface area contributed by atoms with Crippen molar-refractivity contribution in [1.29, 1.82) is 0 Å². The van der Waals surface area contributed by atoms with Gasteiger partial charge in [0.05, 0.1) is 0 Å². The molecule has 0 radical (unpaired) electrons. The van der Waals surface area contributed by atoms with Gasteiger partial charge in [0.2, 0.25) is 0 Å². The van der Waals surface area contributed by atoms with Gasteiger partial charge in [-0.15, -0.1) is 0 Å². The fourth-order valence-electron chi connectivity index (χ4n) is 3.46. The van der Waals surface area contributed by atoms with E-state index >= 15 is 0 Å². The summed E-state index contributed by atoms with van der Waals surface area (Å²) in [6, 6.07) is 15.8. The van der Waals surface area contributed by atoms with Gasteiger partial charge in [0.25, 0.3) is 10.9 Å². The normalized spacial score (nSPS) is 18.8. The number of para-hydroxylation sites is 1. The third kappa shape index (κ3) is 4.88. The Kier molecular flexibility index (Phi) is 6.61. The van der Waals surface area contributed by atoms with Crippen LogP contribution in [0, 0.1) is 5.41 Å². The molecule has 1 aliphatic rings. The summed E-state index contributed by atoms with van der Waals surface area (Å²) in [5, 5.41) is 5.35. The molecule has 0 saturated carbocycles. The lowest BCUT2D eigenvalue weighted by Gasteiger charge is -2.29.